The van der Waals surface area contributed by atoms with Crippen molar-refractivity contribution in [2.24, 2.45) is 0 Å². The van der Waals surface area contributed by atoms with Gasteiger partial charge in [-0.1, -0.05) is 0 Å². The fraction of sp³-hybridized carbons (Fsp3) is 0.500. The molecule has 4 heteroatoms. The van der Waals surface area contributed by atoms with Crippen LogP contribution in [0.5, 0.6) is 0 Å². The Morgan fingerprint density at radius 2 is 2.29 bits per heavy atom. The summed E-state index contributed by atoms with van der Waals surface area (Å²) in [6.45, 7) is 4.39. The highest BCUT2D eigenvalue weighted by Gasteiger charge is 2.34. The van der Waals surface area contributed by atoms with Gasteiger partial charge >= 0.3 is 0 Å². The summed E-state index contributed by atoms with van der Waals surface area (Å²) in [4.78, 5) is 4.27. The normalized spacial score (nSPS) is 25.2. The zero-order chi connectivity index (χ0) is 10.2. The summed E-state index contributed by atoms with van der Waals surface area (Å²) in [6.07, 6.45) is 1.72. The van der Waals surface area contributed by atoms with Gasteiger partial charge in [0.2, 0.25) is 0 Å². The molecular formula is C10H12BrNO2. The number of hydrogen-bond acceptors (Lipinski definition) is 3. The Morgan fingerprint density at radius 1 is 1.50 bits per heavy atom. The fourth-order valence-corrected chi connectivity index (χ4v) is 1.65. The number of aromatic nitrogens is 1. The lowest BCUT2D eigenvalue weighted by atomic mass is 10.2. The highest BCUT2D eigenvalue weighted by Crippen LogP contribution is 2.31. The second-order valence-corrected chi connectivity index (χ2v) is 4.63. The van der Waals surface area contributed by atoms with Gasteiger partial charge in [0.05, 0.1) is 12.3 Å². The molecule has 0 aromatic carbocycles. The van der Waals surface area contributed by atoms with Gasteiger partial charge in [-0.05, 0) is 41.9 Å². The summed E-state index contributed by atoms with van der Waals surface area (Å²) >= 11 is 3.34. The van der Waals surface area contributed by atoms with Gasteiger partial charge < -0.3 is 9.47 Å². The van der Waals surface area contributed by atoms with Crippen molar-refractivity contribution in [3.63, 3.8) is 0 Å². The van der Waals surface area contributed by atoms with Crippen LogP contribution in [0.1, 0.15) is 25.6 Å². The van der Waals surface area contributed by atoms with Crippen LogP contribution in [-0.2, 0) is 9.47 Å². The highest BCUT2D eigenvalue weighted by atomic mass is 79.9. The largest absolute Gasteiger partial charge is 0.347 e. The van der Waals surface area contributed by atoms with Gasteiger partial charge in [-0.25, -0.2) is 0 Å². The number of nitrogens with zero attached hydrogens (tertiary/aromatic N) is 1. The zero-order valence-electron chi connectivity index (χ0n) is 8.16. The van der Waals surface area contributed by atoms with Crippen LogP contribution in [0, 0.1) is 0 Å². The Hall–Kier alpha value is -0.450. The summed E-state index contributed by atoms with van der Waals surface area (Å²) in [5.74, 6) is -0.487. The van der Waals surface area contributed by atoms with E-state index in [1.807, 2.05) is 26.0 Å². The van der Waals surface area contributed by atoms with Crippen LogP contribution >= 0.6 is 15.9 Å². The third kappa shape index (κ3) is 2.13. The summed E-state index contributed by atoms with van der Waals surface area (Å²) in [6, 6.07) is 3.90. The average molecular weight is 258 g/mol. The lowest BCUT2D eigenvalue weighted by Crippen LogP contribution is -2.19. The Kier molecular flexibility index (Phi) is 2.60. The van der Waals surface area contributed by atoms with E-state index in [2.05, 4.69) is 20.9 Å². The van der Waals surface area contributed by atoms with E-state index in [1.165, 1.54) is 0 Å². The quantitative estimate of drug-likeness (QED) is 0.776. The van der Waals surface area contributed by atoms with Crippen molar-refractivity contribution in [1.82, 2.24) is 4.98 Å². The molecule has 0 radical (unpaired) electrons. The Bertz CT molecular complexity index is 323. The topological polar surface area (TPSA) is 31.4 Å². The van der Waals surface area contributed by atoms with Crippen LogP contribution in [0.4, 0.5) is 0 Å². The monoisotopic (exact) mass is 257 g/mol. The van der Waals surface area contributed by atoms with Crippen LogP contribution in [0.3, 0.4) is 0 Å². The Labute approximate surface area is 91.6 Å². The lowest BCUT2D eigenvalue weighted by molar-refractivity contribution is -0.139. The molecule has 76 valence electrons. The molecule has 0 saturated carbocycles. The maximum Gasteiger partial charge on any atom is 0.163 e. The fourth-order valence-electron chi connectivity index (χ4n) is 1.41. The molecule has 0 N–H and O–H groups in total. The van der Waals surface area contributed by atoms with Gasteiger partial charge in [0, 0.05) is 10.7 Å². The van der Waals surface area contributed by atoms with Crippen molar-refractivity contribution in [1.29, 1.82) is 0 Å². The summed E-state index contributed by atoms with van der Waals surface area (Å²) < 4.78 is 12.1. The van der Waals surface area contributed by atoms with E-state index in [9.17, 15) is 0 Å². The summed E-state index contributed by atoms with van der Waals surface area (Å²) in [5, 5.41) is 0. The molecule has 0 spiro atoms. The second-order valence-electron chi connectivity index (χ2n) is 3.72. The van der Waals surface area contributed by atoms with Crippen LogP contribution in [0.2, 0.25) is 0 Å². The predicted octanol–water partition coefficient (Wildman–Crippen LogP) is 2.67. The van der Waals surface area contributed by atoms with E-state index in [4.69, 9.17) is 9.47 Å². The third-order valence-electron chi connectivity index (χ3n) is 2.09. The molecule has 0 aliphatic carbocycles. The third-order valence-corrected chi connectivity index (χ3v) is 2.56. The maximum absolute atomic E-state index is 5.67. The number of ether oxygens (including phenoxy) is 2. The van der Waals surface area contributed by atoms with Gasteiger partial charge in [-0.3, -0.25) is 4.98 Å². The minimum absolute atomic E-state index is 0.0434. The molecule has 3 nitrogen and oxygen atoms in total. The molecule has 1 unspecified atom stereocenters. The summed E-state index contributed by atoms with van der Waals surface area (Å²) in [5.41, 5.74) is 0.916. The van der Waals surface area contributed by atoms with E-state index in [-0.39, 0.29) is 6.10 Å². The minimum Gasteiger partial charge on any atom is -0.347 e. The van der Waals surface area contributed by atoms with Gasteiger partial charge in [0.15, 0.2) is 5.79 Å². The van der Waals surface area contributed by atoms with E-state index in [0.717, 1.165) is 10.2 Å². The molecule has 2 heterocycles. The standard InChI is InChI=1S/C10H12BrNO2/c1-10(2)13-6-9(14-10)8-4-3-7(11)5-12-8/h3-5,9H,6H2,1-2H3. The highest BCUT2D eigenvalue weighted by molar-refractivity contribution is 9.10. The molecule has 1 atom stereocenters. The van der Waals surface area contributed by atoms with Gasteiger partial charge in [0.25, 0.3) is 0 Å². The summed E-state index contributed by atoms with van der Waals surface area (Å²) in [7, 11) is 0. The van der Waals surface area contributed by atoms with Gasteiger partial charge in [-0.2, -0.15) is 0 Å². The van der Waals surface area contributed by atoms with Crippen LogP contribution < -0.4 is 0 Å². The number of halogens is 1. The first kappa shape index (κ1) is 10.1. The molecule has 1 aromatic heterocycles. The molecule has 0 bridgehead atoms. The van der Waals surface area contributed by atoms with Crippen LogP contribution in [0.15, 0.2) is 22.8 Å². The number of rotatable bonds is 1. The first-order valence-electron chi connectivity index (χ1n) is 4.50. The van der Waals surface area contributed by atoms with E-state index in [0.29, 0.717) is 6.61 Å². The minimum atomic E-state index is -0.487. The molecule has 1 aromatic rings. The molecular weight excluding hydrogens is 246 g/mol. The average Bonchev–Trinajstić information content (AvgIpc) is 2.47. The van der Waals surface area contributed by atoms with E-state index in [1.54, 1.807) is 6.20 Å². The zero-order valence-corrected chi connectivity index (χ0v) is 9.74. The van der Waals surface area contributed by atoms with Crippen molar-refractivity contribution in [2.45, 2.75) is 25.7 Å². The molecule has 1 saturated heterocycles. The number of pyridine rings is 1. The number of hydrogen-bond donors (Lipinski definition) is 0. The Morgan fingerprint density at radius 3 is 2.79 bits per heavy atom. The van der Waals surface area contributed by atoms with E-state index >= 15 is 0 Å². The Balaban J connectivity index is 2.14. The van der Waals surface area contributed by atoms with Crippen molar-refractivity contribution in [3.05, 3.63) is 28.5 Å². The molecule has 1 fully saturated rings. The molecule has 2 rings (SSSR count). The molecule has 1 aliphatic rings. The van der Waals surface area contributed by atoms with Crippen LogP contribution in [0.25, 0.3) is 0 Å². The maximum atomic E-state index is 5.67. The van der Waals surface area contributed by atoms with Crippen molar-refractivity contribution in [3.8, 4) is 0 Å². The smallest absolute Gasteiger partial charge is 0.163 e. The lowest BCUT2D eigenvalue weighted by Gasteiger charge is -2.16. The van der Waals surface area contributed by atoms with Crippen molar-refractivity contribution >= 4 is 15.9 Å². The first-order chi connectivity index (χ1) is 6.57. The van der Waals surface area contributed by atoms with Crippen molar-refractivity contribution < 1.29 is 9.47 Å². The molecule has 14 heavy (non-hydrogen) atoms. The van der Waals surface area contributed by atoms with Gasteiger partial charge in [-0.15, -0.1) is 0 Å². The molecule has 0 amide bonds. The predicted molar refractivity (Wildman–Crippen MR) is 55.8 cm³/mol. The molecule has 1 aliphatic heterocycles. The van der Waals surface area contributed by atoms with Crippen molar-refractivity contribution in [2.75, 3.05) is 6.61 Å². The van der Waals surface area contributed by atoms with Gasteiger partial charge in [0.1, 0.15) is 6.10 Å². The SMILES string of the molecule is CC1(C)OCC(c2ccc(Br)cn2)O1. The van der Waals surface area contributed by atoms with Crippen LogP contribution in [-0.4, -0.2) is 17.4 Å². The second kappa shape index (κ2) is 3.61. The first-order valence-corrected chi connectivity index (χ1v) is 5.29. The van der Waals surface area contributed by atoms with E-state index < -0.39 is 5.79 Å².